The molecule has 0 bridgehead atoms. The molecule has 3 rings (SSSR count). The smallest absolute Gasteiger partial charge is 0.256 e. The number of benzene rings is 2. The Labute approximate surface area is 155 Å². The summed E-state index contributed by atoms with van der Waals surface area (Å²) in [4.78, 5) is 12.7. The first-order valence-electron chi connectivity index (χ1n) is 9.25. The number of anilines is 1. The fourth-order valence-electron chi connectivity index (χ4n) is 3.18. The number of ether oxygens (including phenoxy) is 2. The van der Waals surface area contributed by atoms with Gasteiger partial charge in [-0.15, -0.1) is 0 Å². The van der Waals surface area contributed by atoms with Gasteiger partial charge in [-0.2, -0.15) is 0 Å². The van der Waals surface area contributed by atoms with Gasteiger partial charge < -0.3 is 14.8 Å². The first-order chi connectivity index (χ1) is 12.5. The van der Waals surface area contributed by atoms with Crippen molar-refractivity contribution in [3.05, 3.63) is 59.7 Å². The summed E-state index contributed by atoms with van der Waals surface area (Å²) in [5.41, 5.74) is 2.14. The average molecular weight is 353 g/mol. The highest BCUT2D eigenvalue weighted by molar-refractivity contribution is 5.97. The Morgan fingerprint density at radius 2 is 1.92 bits per heavy atom. The van der Waals surface area contributed by atoms with Gasteiger partial charge in [-0.05, 0) is 68.9 Å². The molecule has 0 aromatic heterocycles. The summed E-state index contributed by atoms with van der Waals surface area (Å²) in [7, 11) is 0. The number of hydrogen-bond donors (Lipinski definition) is 1. The summed E-state index contributed by atoms with van der Waals surface area (Å²) in [6, 6.07) is 15.8. The molecule has 1 aliphatic rings. The second-order valence-corrected chi connectivity index (χ2v) is 7.02. The predicted octanol–water partition coefficient (Wildman–Crippen LogP) is 4.72. The van der Waals surface area contributed by atoms with E-state index in [1.54, 1.807) is 0 Å². The van der Waals surface area contributed by atoms with Crippen LogP contribution >= 0.6 is 0 Å². The third-order valence-corrected chi connectivity index (χ3v) is 4.92. The lowest BCUT2D eigenvalue weighted by Gasteiger charge is -2.28. The highest BCUT2D eigenvalue weighted by atomic mass is 16.5. The van der Waals surface area contributed by atoms with Crippen molar-refractivity contribution in [3.8, 4) is 5.75 Å². The molecule has 26 heavy (non-hydrogen) atoms. The van der Waals surface area contributed by atoms with Crippen molar-refractivity contribution in [3.63, 3.8) is 0 Å². The molecule has 4 nitrogen and oxygen atoms in total. The van der Waals surface area contributed by atoms with E-state index in [1.165, 1.54) is 0 Å². The normalized spacial score (nSPS) is 16.0. The molecule has 1 atom stereocenters. The van der Waals surface area contributed by atoms with E-state index in [0.717, 1.165) is 35.4 Å². The Kier molecular flexibility index (Phi) is 5.62. The van der Waals surface area contributed by atoms with Gasteiger partial charge in [-0.3, -0.25) is 4.79 Å². The molecule has 1 saturated carbocycles. The predicted molar refractivity (Wildman–Crippen MR) is 103 cm³/mol. The summed E-state index contributed by atoms with van der Waals surface area (Å²) in [6.07, 6.45) is 2.10. The van der Waals surface area contributed by atoms with E-state index >= 15 is 0 Å². The molecule has 0 saturated heterocycles. The van der Waals surface area contributed by atoms with Crippen LogP contribution in [0.15, 0.2) is 48.5 Å². The van der Waals surface area contributed by atoms with Gasteiger partial charge in [0.2, 0.25) is 0 Å². The largest absolute Gasteiger partial charge is 0.489 e. The van der Waals surface area contributed by atoms with Crippen molar-refractivity contribution in [2.24, 2.45) is 5.92 Å². The summed E-state index contributed by atoms with van der Waals surface area (Å²) in [6.45, 7) is 6.87. The summed E-state index contributed by atoms with van der Waals surface area (Å²) >= 11 is 0. The van der Waals surface area contributed by atoms with Crippen LogP contribution in [0.1, 0.15) is 37.8 Å². The fraction of sp³-hybridized carbons (Fsp3) is 0.409. The lowest BCUT2D eigenvalue weighted by Crippen LogP contribution is -2.44. The first-order valence-corrected chi connectivity index (χ1v) is 9.25. The zero-order chi connectivity index (χ0) is 18.6. The third-order valence-electron chi connectivity index (χ3n) is 4.92. The number of carbonyl (C=O) groups is 1. The van der Waals surface area contributed by atoms with Gasteiger partial charge in [0, 0.05) is 12.3 Å². The van der Waals surface area contributed by atoms with Crippen molar-refractivity contribution >= 4 is 11.6 Å². The van der Waals surface area contributed by atoms with E-state index in [4.69, 9.17) is 9.47 Å². The first kappa shape index (κ1) is 18.5. The number of hydrogen-bond acceptors (Lipinski definition) is 3. The highest BCUT2D eigenvalue weighted by Crippen LogP contribution is 2.42. The van der Waals surface area contributed by atoms with Crippen LogP contribution < -0.4 is 10.1 Å². The van der Waals surface area contributed by atoms with Crippen LogP contribution in [0, 0.1) is 12.8 Å². The van der Waals surface area contributed by atoms with Crippen LogP contribution in [0.2, 0.25) is 0 Å². The van der Waals surface area contributed by atoms with Gasteiger partial charge in [0.25, 0.3) is 5.91 Å². The van der Waals surface area contributed by atoms with Crippen molar-refractivity contribution in [2.45, 2.75) is 45.8 Å². The standard InChI is InChI=1S/C22H27NO3/c1-4-26-22(3,18-10-11-18)21(24)23-19-12-13-20(16(2)14-19)25-15-17-8-6-5-7-9-17/h5-9,12-14,18H,4,10-11,15H2,1-3H3,(H,23,24). The molecular weight excluding hydrogens is 326 g/mol. The van der Waals surface area contributed by atoms with Gasteiger partial charge >= 0.3 is 0 Å². The maximum Gasteiger partial charge on any atom is 0.256 e. The molecule has 2 aromatic rings. The van der Waals surface area contributed by atoms with Crippen LogP contribution in [0.3, 0.4) is 0 Å². The number of amides is 1. The Hall–Kier alpha value is -2.33. The van der Waals surface area contributed by atoms with Crippen molar-refractivity contribution < 1.29 is 14.3 Å². The minimum atomic E-state index is -0.745. The van der Waals surface area contributed by atoms with Crippen LogP contribution in [-0.2, 0) is 16.1 Å². The van der Waals surface area contributed by atoms with Gasteiger partial charge in [0.15, 0.2) is 0 Å². The molecule has 1 amide bonds. The van der Waals surface area contributed by atoms with Crippen molar-refractivity contribution in [1.82, 2.24) is 0 Å². The van der Waals surface area contributed by atoms with Crippen LogP contribution in [0.5, 0.6) is 5.75 Å². The minimum absolute atomic E-state index is 0.0702. The molecule has 138 valence electrons. The van der Waals surface area contributed by atoms with E-state index in [0.29, 0.717) is 19.1 Å². The van der Waals surface area contributed by atoms with Crippen LogP contribution in [-0.4, -0.2) is 18.1 Å². The molecule has 1 fully saturated rings. The number of rotatable bonds is 8. The topological polar surface area (TPSA) is 47.6 Å². The maximum atomic E-state index is 12.7. The Balaban J connectivity index is 1.64. The second kappa shape index (κ2) is 7.92. The molecule has 2 aromatic carbocycles. The van der Waals surface area contributed by atoms with Crippen LogP contribution in [0.4, 0.5) is 5.69 Å². The minimum Gasteiger partial charge on any atom is -0.489 e. The van der Waals surface area contributed by atoms with E-state index in [1.807, 2.05) is 69.3 Å². The molecule has 1 unspecified atom stereocenters. The number of carbonyl (C=O) groups excluding carboxylic acids is 1. The van der Waals surface area contributed by atoms with E-state index < -0.39 is 5.60 Å². The fourth-order valence-corrected chi connectivity index (χ4v) is 3.18. The lowest BCUT2D eigenvalue weighted by atomic mass is 9.98. The molecule has 4 heteroatoms. The van der Waals surface area contributed by atoms with E-state index in [9.17, 15) is 4.79 Å². The summed E-state index contributed by atoms with van der Waals surface area (Å²) in [5.74, 6) is 1.07. The molecule has 1 aliphatic carbocycles. The summed E-state index contributed by atoms with van der Waals surface area (Å²) < 4.78 is 11.7. The SMILES string of the molecule is CCOC(C)(C(=O)Nc1ccc(OCc2ccccc2)c(C)c1)C1CC1. The Morgan fingerprint density at radius 1 is 1.19 bits per heavy atom. The lowest BCUT2D eigenvalue weighted by molar-refractivity contribution is -0.141. The van der Waals surface area contributed by atoms with E-state index in [2.05, 4.69) is 5.32 Å². The second-order valence-electron chi connectivity index (χ2n) is 7.02. The summed E-state index contributed by atoms with van der Waals surface area (Å²) in [5, 5.41) is 3.01. The Bertz CT molecular complexity index is 755. The zero-order valence-electron chi connectivity index (χ0n) is 15.7. The molecule has 0 spiro atoms. The van der Waals surface area contributed by atoms with E-state index in [-0.39, 0.29) is 5.91 Å². The molecule has 0 radical (unpaired) electrons. The third kappa shape index (κ3) is 4.25. The molecule has 1 N–H and O–H groups in total. The Morgan fingerprint density at radius 3 is 2.54 bits per heavy atom. The maximum absolute atomic E-state index is 12.7. The quantitative estimate of drug-likeness (QED) is 0.747. The van der Waals surface area contributed by atoms with Crippen molar-refractivity contribution in [1.29, 1.82) is 0 Å². The average Bonchev–Trinajstić information content (AvgIpc) is 3.47. The van der Waals surface area contributed by atoms with Gasteiger partial charge in [-0.1, -0.05) is 30.3 Å². The van der Waals surface area contributed by atoms with Gasteiger partial charge in [-0.25, -0.2) is 0 Å². The van der Waals surface area contributed by atoms with Crippen molar-refractivity contribution in [2.75, 3.05) is 11.9 Å². The van der Waals surface area contributed by atoms with Crippen LogP contribution in [0.25, 0.3) is 0 Å². The molecule has 0 heterocycles. The van der Waals surface area contributed by atoms with Gasteiger partial charge in [0.05, 0.1) is 0 Å². The number of aryl methyl sites for hydroxylation is 1. The highest BCUT2D eigenvalue weighted by Gasteiger charge is 2.48. The zero-order valence-corrected chi connectivity index (χ0v) is 15.7. The monoisotopic (exact) mass is 353 g/mol. The molecule has 0 aliphatic heterocycles. The number of nitrogens with one attached hydrogen (secondary N) is 1. The van der Waals surface area contributed by atoms with Gasteiger partial charge in [0.1, 0.15) is 18.0 Å². The molecular formula is C22H27NO3.